The van der Waals surface area contributed by atoms with E-state index in [-0.39, 0.29) is 23.0 Å². The molecule has 3 rings (SSSR count). The fourth-order valence-corrected chi connectivity index (χ4v) is 4.16. The van der Waals surface area contributed by atoms with E-state index in [0.717, 1.165) is 10.9 Å². The third-order valence-electron chi connectivity index (χ3n) is 4.71. The number of nitrogens with zero attached hydrogens (tertiary/aromatic N) is 2. The summed E-state index contributed by atoms with van der Waals surface area (Å²) in [5.74, 6) is -2.43. The molecule has 0 spiro atoms. The topological polar surface area (TPSA) is 70.1 Å². The van der Waals surface area contributed by atoms with Gasteiger partial charge >= 0.3 is 0 Å². The molecule has 1 N–H and O–H groups in total. The molecule has 1 aromatic carbocycles. The summed E-state index contributed by atoms with van der Waals surface area (Å²) in [5.41, 5.74) is 0.0916. The van der Waals surface area contributed by atoms with Gasteiger partial charge in [0.25, 0.3) is 11.7 Å². The van der Waals surface area contributed by atoms with E-state index >= 15 is 0 Å². The van der Waals surface area contributed by atoms with Gasteiger partial charge in [-0.3, -0.25) is 9.59 Å². The lowest BCUT2D eigenvalue weighted by Crippen LogP contribution is -2.35. The van der Waals surface area contributed by atoms with Crippen LogP contribution in [0.5, 0.6) is 5.75 Å². The maximum atomic E-state index is 14.5. The van der Waals surface area contributed by atoms with Crippen molar-refractivity contribution in [1.29, 1.82) is 0 Å². The first kappa shape index (κ1) is 22.0. The molecule has 0 radical (unpaired) electrons. The molecule has 2 aromatic rings. The number of ether oxygens (including phenoxy) is 1. The molecule has 1 fully saturated rings. The summed E-state index contributed by atoms with van der Waals surface area (Å²) >= 11 is 1.39. The number of carbonyl (C=O) groups excluding carboxylic acids is 2. The molecular formula is C22H25FN2O4S. The molecule has 1 saturated heterocycles. The summed E-state index contributed by atoms with van der Waals surface area (Å²) in [5, 5.41) is 12.8. The maximum Gasteiger partial charge on any atom is 0.295 e. The molecular weight excluding hydrogens is 407 g/mol. The Morgan fingerprint density at radius 2 is 2.03 bits per heavy atom. The van der Waals surface area contributed by atoms with Gasteiger partial charge in [-0.05, 0) is 57.6 Å². The standard InChI is InChI=1S/C22H25FN2O4S/c1-13(2)29-16-8-7-14(12-15(16)23)20(26)18-19(17-6-5-11-30-17)25(10-9-24(3)4)22(28)21(18)27/h5-8,11-13,19,26H,9-10H2,1-4H3/b20-18-. The van der Waals surface area contributed by atoms with Crippen molar-refractivity contribution in [2.24, 2.45) is 0 Å². The minimum Gasteiger partial charge on any atom is -0.507 e. The lowest BCUT2D eigenvalue weighted by molar-refractivity contribution is -0.140. The minimum absolute atomic E-state index is 0.0295. The Balaban J connectivity index is 2.06. The van der Waals surface area contributed by atoms with Crippen LogP contribution in [0.15, 0.2) is 41.3 Å². The van der Waals surface area contributed by atoms with Crippen molar-refractivity contribution in [3.8, 4) is 5.75 Å². The third-order valence-corrected chi connectivity index (χ3v) is 5.63. The molecule has 8 heteroatoms. The molecule has 1 amide bonds. The number of aliphatic hydroxyl groups is 1. The van der Waals surface area contributed by atoms with E-state index in [1.54, 1.807) is 13.8 Å². The Bertz CT molecular complexity index is 970. The number of amides is 1. The second kappa shape index (κ2) is 8.97. The number of likely N-dealkylation sites (tertiary alicyclic amines) is 1. The largest absolute Gasteiger partial charge is 0.507 e. The highest BCUT2D eigenvalue weighted by atomic mass is 32.1. The highest BCUT2D eigenvalue weighted by Crippen LogP contribution is 2.41. The smallest absolute Gasteiger partial charge is 0.295 e. The number of rotatable bonds is 7. The summed E-state index contributed by atoms with van der Waals surface area (Å²) < 4.78 is 19.9. The first-order chi connectivity index (χ1) is 14.2. The summed E-state index contributed by atoms with van der Waals surface area (Å²) in [6.07, 6.45) is -0.209. The number of ketones is 1. The predicted molar refractivity (Wildman–Crippen MR) is 114 cm³/mol. The number of carbonyl (C=O) groups is 2. The number of hydrogen-bond donors (Lipinski definition) is 1. The van der Waals surface area contributed by atoms with Gasteiger partial charge in [0.05, 0.1) is 17.7 Å². The van der Waals surface area contributed by atoms with Crippen LogP contribution in [0.4, 0.5) is 4.39 Å². The van der Waals surface area contributed by atoms with Crippen molar-refractivity contribution in [2.75, 3.05) is 27.2 Å². The molecule has 1 atom stereocenters. The van der Waals surface area contributed by atoms with Gasteiger partial charge in [0.15, 0.2) is 11.6 Å². The van der Waals surface area contributed by atoms with Crippen LogP contribution < -0.4 is 4.74 Å². The molecule has 1 aliphatic heterocycles. The highest BCUT2D eigenvalue weighted by Gasteiger charge is 2.46. The molecule has 0 aliphatic carbocycles. The normalized spacial score (nSPS) is 18.6. The van der Waals surface area contributed by atoms with Crippen LogP contribution in [0.2, 0.25) is 0 Å². The van der Waals surface area contributed by atoms with Gasteiger partial charge in [0.2, 0.25) is 0 Å². The average Bonchev–Trinajstić information content (AvgIpc) is 3.28. The van der Waals surface area contributed by atoms with Crippen molar-refractivity contribution in [2.45, 2.75) is 26.0 Å². The number of thiophene rings is 1. The van der Waals surface area contributed by atoms with Crippen molar-refractivity contribution in [3.05, 3.63) is 57.5 Å². The minimum atomic E-state index is -0.771. The fourth-order valence-electron chi connectivity index (χ4n) is 3.31. The second-order valence-electron chi connectivity index (χ2n) is 7.62. The Labute approximate surface area is 179 Å². The SMILES string of the molecule is CC(C)Oc1ccc(/C(O)=C2/C(=O)C(=O)N(CCN(C)C)C2c2cccs2)cc1F. The van der Waals surface area contributed by atoms with Crippen LogP contribution in [0, 0.1) is 5.82 Å². The Hall–Kier alpha value is -2.71. The van der Waals surface area contributed by atoms with Gasteiger partial charge in [-0.1, -0.05) is 6.07 Å². The van der Waals surface area contributed by atoms with Crippen LogP contribution in [-0.2, 0) is 9.59 Å². The van der Waals surface area contributed by atoms with Gasteiger partial charge in [-0.2, -0.15) is 0 Å². The molecule has 160 valence electrons. The first-order valence-electron chi connectivity index (χ1n) is 9.63. The van der Waals surface area contributed by atoms with E-state index in [0.29, 0.717) is 13.1 Å². The van der Waals surface area contributed by atoms with Crippen LogP contribution in [0.25, 0.3) is 5.76 Å². The lowest BCUT2D eigenvalue weighted by Gasteiger charge is -2.25. The Morgan fingerprint density at radius 1 is 1.30 bits per heavy atom. The molecule has 2 heterocycles. The van der Waals surface area contributed by atoms with E-state index in [4.69, 9.17) is 4.74 Å². The van der Waals surface area contributed by atoms with E-state index < -0.39 is 29.3 Å². The van der Waals surface area contributed by atoms with Crippen LogP contribution >= 0.6 is 11.3 Å². The quantitative estimate of drug-likeness (QED) is 0.411. The van der Waals surface area contributed by atoms with Gasteiger partial charge < -0.3 is 19.6 Å². The van der Waals surface area contributed by atoms with Crippen molar-refractivity contribution in [1.82, 2.24) is 9.80 Å². The highest BCUT2D eigenvalue weighted by molar-refractivity contribution is 7.10. The molecule has 1 aliphatic rings. The monoisotopic (exact) mass is 432 g/mol. The van der Waals surface area contributed by atoms with Crippen LogP contribution in [0.3, 0.4) is 0 Å². The molecule has 0 saturated carbocycles. The summed E-state index contributed by atoms with van der Waals surface area (Å²) in [4.78, 5) is 29.7. The van der Waals surface area contributed by atoms with Gasteiger partial charge in [0.1, 0.15) is 5.76 Å². The Morgan fingerprint density at radius 3 is 2.60 bits per heavy atom. The zero-order valence-corrected chi connectivity index (χ0v) is 18.2. The van der Waals surface area contributed by atoms with E-state index in [9.17, 15) is 19.1 Å². The van der Waals surface area contributed by atoms with Gasteiger partial charge in [-0.25, -0.2) is 4.39 Å². The second-order valence-corrected chi connectivity index (χ2v) is 8.60. The fraction of sp³-hybridized carbons (Fsp3) is 0.364. The Kier molecular flexibility index (Phi) is 6.58. The third kappa shape index (κ3) is 4.39. The zero-order chi connectivity index (χ0) is 22.0. The number of halogens is 1. The zero-order valence-electron chi connectivity index (χ0n) is 17.4. The average molecular weight is 433 g/mol. The number of likely N-dealkylation sites (N-methyl/N-ethyl adjacent to an activating group) is 1. The molecule has 30 heavy (non-hydrogen) atoms. The maximum absolute atomic E-state index is 14.5. The van der Waals surface area contributed by atoms with Gasteiger partial charge in [-0.15, -0.1) is 11.3 Å². The molecule has 0 bridgehead atoms. The molecule has 6 nitrogen and oxygen atoms in total. The predicted octanol–water partition coefficient (Wildman–Crippen LogP) is 3.66. The van der Waals surface area contributed by atoms with E-state index in [1.807, 2.05) is 36.5 Å². The van der Waals surface area contributed by atoms with E-state index in [1.165, 1.54) is 28.4 Å². The first-order valence-corrected chi connectivity index (χ1v) is 10.5. The molecule has 1 aromatic heterocycles. The van der Waals surface area contributed by atoms with Crippen molar-refractivity contribution < 1.29 is 23.8 Å². The van der Waals surface area contributed by atoms with Crippen LogP contribution in [-0.4, -0.2) is 59.9 Å². The summed E-state index contributed by atoms with van der Waals surface area (Å²) in [7, 11) is 3.75. The number of benzene rings is 1. The lowest BCUT2D eigenvalue weighted by atomic mass is 9.99. The summed E-state index contributed by atoms with van der Waals surface area (Å²) in [6.45, 7) is 4.45. The number of aliphatic hydroxyl groups excluding tert-OH is 1. The molecule has 1 unspecified atom stereocenters. The van der Waals surface area contributed by atoms with Gasteiger partial charge in [0, 0.05) is 23.5 Å². The number of Topliss-reactive ketones (excluding diaryl/α,β-unsaturated/α-hetero) is 1. The van der Waals surface area contributed by atoms with Crippen LogP contribution in [0.1, 0.15) is 30.3 Å². The number of hydrogen-bond acceptors (Lipinski definition) is 6. The van der Waals surface area contributed by atoms with Crippen molar-refractivity contribution >= 4 is 28.8 Å². The summed E-state index contributed by atoms with van der Waals surface area (Å²) in [6, 6.07) is 6.94. The van der Waals surface area contributed by atoms with Crippen molar-refractivity contribution in [3.63, 3.8) is 0 Å². The van der Waals surface area contributed by atoms with E-state index in [2.05, 4.69) is 0 Å².